The average Bonchev–Trinajstić information content (AvgIpc) is 3.17. The number of para-hydroxylation sites is 1. The van der Waals surface area contributed by atoms with Crippen molar-refractivity contribution in [3.05, 3.63) is 90.1 Å². The highest BCUT2D eigenvalue weighted by molar-refractivity contribution is 5.58. The number of hydrogen-bond acceptors (Lipinski definition) is 3. The summed E-state index contributed by atoms with van der Waals surface area (Å²) < 4.78 is 0. The van der Waals surface area contributed by atoms with Gasteiger partial charge in [-0.15, -0.1) is 0 Å². The number of likely N-dealkylation sites (tertiary alicyclic amines) is 1. The van der Waals surface area contributed by atoms with Crippen LogP contribution in [0.25, 0.3) is 0 Å². The van der Waals surface area contributed by atoms with E-state index in [1.807, 2.05) is 6.07 Å². The van der Waals surface area contributed by atoms with Gasteiger partial charge in [-0.2, -0.15) is 0 Å². The van der Waals surface area contributed by atoms with Crippen LogP contribution in [-0.2, 0) is 6.54 Å². The highest BCUT2D eigenvalue weighted by atomic mass is 15.2. The maximum Gasteiger partial charge on any atom is 0.132 e. The molecular weight excluding hydrogens is 318 g/mol. The van der Waals surface area contributed by atoms with Crippen molar-refractivity contribution in [1.29, 1.82) is 0 Å². The Morgan fingerprint density at radius 2 is 1.69 bits per heavy atom. The minimum Gasteiger partial charge on any atom is -0.329 e. The summed E-state index contributed by atoms with van der Waals surface area (Å²) in [5.41, 5.74) is 3.86. The van der Waals surface area contributed by atoms with Crippen molar-refractivity contribution in [2.75, 3.05) is 18.5 Å². The number of rotatable bonds is 5. The Bertz CT molecular complexity index is 815. The van der Waals surface area contributed by atoms with Gasteiger partial charge in [0, 0.05) is 31.5 Å². The molecule has 3 nitrogen and oxygen atoms in total. The zero-order valence-electron chi connectivity index (χ0n) is 15.3. The predicted octanol–water partition coefficient (Wildman–Crippen LogP) is 5.19. The summed E-state index contributed by atoms with van der Waals surface area (Å²) in [5.74, 6) is 0.979. The normalized spacial score (nSPS) is 17.3. The first-order valence-corrected chi connectivity index (χ1v) is 9.34. The summed E-state index contributed by atoms with van der Waals surface area (Å²) in [6.45, 7) is 2.17. The molecular formula is C23H25N3. The molecule has 0 bridgehead atoms. The van der Waals surface area contributed by atoms with E-state index in [1.54, 1.807) is 0 Å². The fourth-order valence-corrected chi connectivity index (χ4v) is 3.79. The minimum atomic E-state index is 0.471. The van der Waals surface area contributed by atoms with Gasteiger partial charge in [0.15, 0.2) is 0 Å². The molecule has 4 rings (SSSR count). The first-order chi connectivity index (χ1) is 12.8. The van der Waals surface area contributed by atoms with Crippen molar-refractivity contribution in [2.24, 2.45) is 0 Å². The molecule has 2 heterocycles. The zero-order valence-corrected chi connectivity index (χ0v) is 15.3. The molecule has 1 aromatic heterocycles. The largest absolute Gasteiger partial charge is 0.329 e. The molecule has 1 atom stereocenters. The van der Waals surface area contributed by atoms with Crippen LogP contribution < -0.4 is 4.90 Å². The molecule has 26 heavy (non-hydrogen) atoms. The van der Waals surface area contributed by atoms with E-state index < -0.39 is 0 Å². The summed E-state index contributed by atoms with van der Waals surface area (Å²) in [4.78, 5) is 9.44. The second kappa shape index (κ2) is 7.71. The molecule has 1 aliphatic rings. The molecule has 0 amide bonds. The van der Waals surface area contributed by atoms with E-state index in [-0.39, 0.29) is 0 Å². The molecule has 132 valence electrons. The number of aromatic nitrogens is 1. The van der Waals surface area contributed by atoms with Gasteiger partial charge in [-0.3, -0.25) is 4.90 Å². The lowest BCUT2D eigenvalue weighted by Gasteiger charge is -2.25. The third kappa shape index (κ3) is 3.63. The van der Waals surface area contributed by atoms with E-state index >= 15 is 0 Å². The smallest absolute Gasteiger partial charge is 0.132 e. The molecule has 1 saturated heterocycles. The van der Waals surface area contributed by atoms with E-state index in [1.165, 1.54) is 24.0 Å². The van der Waals surface area contributed by atoms with Gasteiger partial charge in [-0.25, -0.2) is 4.98 Å². The quantitative estimate of drug-likeness (QED) is 0.636. The van der Waals surface area contributed by atoms with Gasteiger partial charge in [0.1, 0.15) is 5.82 Å². The minimum absolute atomic E-state index is 0.471. The highest BCUT2D eigenvalue weighted by Crippen LogP contribution is 2.33. The summed E-state index contributed by atoms with van der Waals surface area (Å²) in [7, 11) is 2.06. The van der Waals surface area contributed by atoms with Crippen LogP contribution >= 0.6 is 0 Å². The zero-order chi connectivity index (χ0) is 17.8. The van der Waals surface area contributed by atoms with Gasteiger partial charge in [0.05, 0.1) is 0 Å². The fourth-order valence-electron chi connectivity index (χ4n) is 3.79. The molecule has 3 heteroatoms. The Morgan fingerprint density at radius 3 is 2.38 bits per heavy atom. The highest BCUT2D eigenvalue weighted by Gasteiger charge is 2.26. The Labute approximate surface area is 155 Å². The topological polar surface area (TPSA) is 19.4 Å². The van der Waals surface area contributed by atoms with Crippen LogP contribution in [0.5, 0.6) is 0 Å². The van der Waals surface area contributed by atoms with Crippen molar-refractivity contribution in [2.45, 2.75) is 25.4 Å². The number of anilines is 2. The summed E-state index contributed by atoms with van der Waals surface area (Å²) >= 11 is 0. The summed E-state index contributed by atoms with van der Waals surface area (Å²) in [6, 6.07) is 26.0. The van der Waals surface area contributed by atoms with Gasteiger partial charge in [-0.1, -0.05) is 54.6 Å². The molecule has 0 saturated carbocycles. The van der Waals surface area contributed by atoms with Crippen LogP contribution in [-0.4, -0.2) is 23.5 Å². The molecule has 0 radical (unpaired) electrons. The third-order valence-electron chi connectivity index (χ3n) is 5.23. The molecule has 0 unspecified atom stereocenters. The van der Waals surface area contributed by atoms with E-state index in [0.717, 1.165) is 24.6 Å². The van der Waals surface area contributed by atoms with Crippen molar-refractivity contribution in [3.63, 3.8) is 0 Å². The van der Waals surface area contributed by atoms with Gasteiger partial charge < -0.3 is 4.90 Å². The van der Waals surface area contributed by atoms with Crippen LogP contribution in [0, 0.1) is 0 Å². The van der Waals surface area contributed by atoms with Gasteiger partial charge in [-0.05, 0) is 48.7 Å². The van der Waals surface area contributed by atoms with Crippen LogP contribution in [0.4, 0.5) is 11.5 Å². The summed E-state index contributed by atoms with van der Waals surface area (Å²) in [6.07, 6.45) is 4.52. The van der Waals surface area contributed by atoms with Crippen LogP contribution in [0.2, 0.25) is 0 Å². The molecule has 0 spiro atoms. The lowest BCUT2D eigenvalue weighted by Crippen LogP contribution is -2.23. The van der Waals surface area contributed by atoms with E-state index in [0.29, 0.717) is 6.04 Å². The molecule has 0 N–H and O–H groups in total. The molecule has 0 aliphatic carbocycles. The molecule has 2 aromatic carbocycles. The molecule has 3 aromatic rings. The average molecular weight is 343 g/mol. The number of benzene rings is 2. The van der Waals surface area contributed by atoms with Crippen molar-refractivity contribution < 1.29 is 0 Å². The van der Waals surface area contributed by atoms with Crippen molar-refractivity contribution in [3.8, 4) is 0 Å². The number of pyridine rings is 1. The maximum atomic E-state index is 4.74. The monoisotopic (exact) mass is 343 g/mol. The van der Waals surface area contributed by atoms with Crippen LogP contribution in [0.15, 0.2) is 79.0 Å². The van der Waals surface area contributed by atoms with Gasteiger partial charge in [0.25, 0.3) is 0 Å². The maximum absolute atomic E-state index is 4.74. The lowest BCUT2D eigenvalue weighted by atomic mass is 10.1. The molecule has 1 fully saturated rings. The Kier molecular flexibility index (Phi) is 4.98. The Balaban J connectivity index is 1.49. The molecule has 1 aliphatic heterocycles. The fraction of sp³-hybridized carbons (Fsp3) is 0.261. The second-order valence-corrected chi connectivity index (χ2v) is 6.96. The van der Waals surface area contributed by atoms with Gasteiger partial charge >= 0.3 is 0 Å². The first kappa shape index (κ1) is 16.8. The SMILES string of the molecule is CN(c1ccccc1)c1ccc([C@H]2CCCN2Cc2ccccc2)cn1. The van der Waals surface area contributed by atoms with Crippen LogP contribution in [0.1, 0.15) is 30.0 Å². The van der Waals surface area contributed by atoms with Crippen LogP contribution in [0.3, 0.4) is 0 Å². The van der Waals surface area contributed by atoms with E-state index in [2.05, 4.69) is 89.8 Å². The first-order valence-electron chi connectivity index (χ1n) is 9.34. The Morgan fingerprint density at radius 1 is 0.962 bits per heavy atom. The lowest BCUT2D eigenvalue weighted by molar-refractivity contribution is 0.248. The number of nitrogens with zero attached hydrogens (tertiary/aromatic N) is 3. The third-order valence-corrected chi connectivity index (χ3v) is 5.23. The van der Waals surface area contributed by atoms with E-state index in [4.69, 9.17) is 4.98 Å². The van der Waals surface area contributed by atoms with Crippen molar-refractivity contribution >= 4 is 11.5 Å². The van der Waals surface area contributed by atoms with Crippen molar-refractivity contribution in [1.82, 2.24) is 9.88 Å². The number of hydrogen-bond donors (Lipinski definition) is 0. The van der Waals surface area contributed by atoms with Gasteiger partial charge in [0.2, 0.25) is 0 Å². The standard InChI is InChI=1S/C23H25N3/c1-25(21-11-6-3-7-12-21)23-15-14-20(17-24-23)22-13-8-16-26(22)18-19-9-4-2-5-10-19/h2-7,9-12,14-15,17,22H,8,13,16,18H2,1H3/t22-/m1/s1. The summed E-state index contributed by atoms with van der Waals surface area (Å²) in [5, 5.41) is 0. The second-order valence-electron chi connectivity index (χ2n) is 6.96. The van der Waals surface area contributed by atoms with E-state index in [9.17, 15) is 0 Å². The predicted molar refractivity (Wildman–Crippen MR) is 108 cm³/mol. The Hall–Kier alpha value is -2.65.